The molecule has 0 N–H and O–H groups in total. The predicted octanol–water partition coefficient (Wildman–Crippen LogP) is 6.05. The Morgan fingerprint density at radius 3 is 2.40 bits per heavy atom. The lowest BCUT2D eigenvalue weighted by molar-refractivity contribution is -0.138. The first-order valence-corrected chi connectivity index (χ1v) is 15.9. The van der Waals surface area contributed by atoms with Gasteiger partial charge in [-0.05, 0) is 54.0 Å². The molecule has 1 aromatic heterocycles. The van der Waals surface area contributed by atoms with Crippen molar-refractivity contribution in [2.75, 3.05) is 13.7 Å². The minimum atomic E-state index is -0.764. The van der Waals surface area contributed by atoms with Crippen LogP contribution in [0.4, 0.5) is 0 Å². The summed E-state index contributed by atoms with van der Waals surface area (Å²) < 4.78 is 19.1. The van der Waals surface area contributed by atoms with Crippen molar-refractivity contribution in [1.82, 2.24) is 4.57 Å². The summed E-state index contributed by atoms with van der Waals surface area (Å²) in [4.78, 5) is 33.1. The standard InChI is InChI=1S/C37H28ClN3O5S/c1-3-45-36(43)31-32(26-10-6-4-7-11-26)40-37-41(33(31)27-12-8-5-9-13-27)35(42)30(47-37)20-25-18-28(38)34(29(19-25)44-2)46-22-24-16-14-23(21-39)15-17-24/h4-20,33H,3,22H2,1-2H3/b30-20-/t33-/m0/s1. The van der Waals surface area contributed by atoms with E-state index in [2.05, 4.69) is 6.07 Å². The fourth-order valence-corrected chi connectivity index (χ4v) is 6.61. The van der Waals surface area contributed by atoms with E-state index in [1.165, 1.54) is 18.4 Å². The van der Waals surface area contributed by atoms with E-state index in [-0.39, 0.29) is 24.3 Å². The van der Waals surface area contributed by atoms with Gasteiger partial charge in [-0.3, -0.25) is 9.36 Å². The number of carbonyl (C=O) groups excluding carboxylic acids is 1. The summed E-state index contributed by atoms with van der Waals surface area (Å²) in [5.74, 6) is 0.211. The minimum Gasteiger partial charge on any atom is -0.493 e. The van der Waals surface area contributed by atoms with Gasteiger partial charge in [0.05, 0.1) is 52.2 Å². The Hall–Kier alpha value is -5.43. The van der Waals surface area contributed by atoms with Crippen molar-refractivity contribution in [3.8, 4) is 17.6 Å². The van der Waals surface area contributed by atoms with Crippen molar-refractivity contribution in [2.24, 2.45) is 4.99 Å². The molecule has 0 saturated heterocycles. The second kappa shape index (κ2) is 13.9. The second-order valence-electron chi connectivity index (χ2n) is 10.5. The smallest absolute Gasteiger partial charge is 0.338 e. The number of nitriles is 1. The Morgan fingerprint density at radius 2 is 1.74 bits per heavy atom. The molecule has 4 aromatic carbocycles. The van der Waals surface area contributed by atoms with Gasteiger partial charge < -0.3 is 14.2 Å². The molecule has 0 fully saturated rings. The van der Waals surface area contributed by atoms with Crippen LogP contribution in [0.1, 0.15) is 40.8 Å². The van der Waals surface area contributed by atoms with Crippen molar-refractivity contribution in [2.45, 2.75) is 19.6 Å². The number of carbonyl (C=O) groups is 1. The third kappa shape index (κ3) is 6.47. The lowest BCUT2D eigenvalue weighted by Crippen LogP contribution is -2.39. The van der Waals surface area contributed by atoms with Crippen LogP contribution in [-0.2, 0) is 16.1 Å². The summed E-state index contributed by atoms with van der Waals surface area (Å²) in [6.45, 7) is 2.13. The first-order chi connectivity index (χ1) is 22.9. The lowest BCUT2D eigenvalue weighted by atomic mass is 9.93. The largest absolute Gasteiger partial charge is 0.493 e. The highest BCUT2D eigenvalue weighted by molar-refractivity contribution is 7.07. The molecular weight excluding hydrogens is 634 g/mol. The van der Waals surface area contributed by atoms with Gasteiger partial charge in [0, 0.05) is 5.56 Å². The van der Waals surface area contributed by atoms with Crippen LogP contribution < -0.4 is 24.4 Å². The summed E-state index contributed by atoms with van der Waals surface area (Å²) in [5, 5.41) is 9.35. The molecule has 0 aliphatic carbocycles. The number of ether oxygens (including phenoxy) is 3. The Bertz CT molecular complexity index is 2200. The molecule has 6 rings (SSSR count). The number of hydrogen-bond acceptors (Lipinski definition) is 8. The average molecular weight is 662 g/mol. The highest BCUT2D eigenvalue weighted by Crippen LogP contribution is 2.38. The molecule has 234 valence electrons. The minimum absolute atomic E-state index is 0.173. The van der Waals surface area contributed by atoms with Crippen LogP contribution in [0.25, 0.3) is 11.8 Å². The van der Waals surface area contributed by atoms with E-state index in [9.17, 15) is 9.59 Å². The predicted molar refractivity (Wildman–Crippen MR) is 181 cm³/mol. The summed E-state index contributed by atoms with van der Waals surface area (Å²) in [6.07, 6.45) is 1.72. The molecule has 0 spiro atoms. The van der Waals surface area contributed by atoms with Crippen LogP contribution in [0.2, 0.25) is 5.02 Å². The van der Waals surface area contributed by atoms with E-state index in [1.807, 2.05) is 72.8 Å². The molecule has 1 atom stereocenters. The number of nitrogens with zero attached hydrogens (tertiary/aromatic N) is 3. The highest BCUT2D eigenvalue weighted by atomic mass is 35.5. The van der Waals surface area contributed by atoms with E-state index >= 15 is 0 Å². The van der Waals surface area contributed by atoms with Crippen molar-refractivity contribution in [1.29, 1.82) is 5.26 Å². The van der Waals surface area contributed by atoms with Gasteiger partial charge in [0.25, 0.3) is 5.56 Å². The van der Waals surface area contributed by atoms with Gasteiger partial charge in [0.1, 0.15) is 6.61 Å². The van der Waals surface area contributed by atoms with Crippen LogP contribution in [0, 0.1) is 11.3 Å². The normalized spacial score (nSPS) is 14.2. The summed E-state index contributed by atoms with van der Waals surface area (Å²) >= 11 is 7.90. The van der Waals surface area contributed by atoms with E-state index in [0.717, 1.165) is 16.7 Å². The van der Waals surface area contributed by atoms with E-state index in [1.54, 1.807) is 41.8 Å². The zero-order valence-corrected chi connectivity index (χ0v) is 27.0. The fourth-order valence-electron chi connectivity index (χ4n) is 5.34. The molecule has 1 aliphatic heterocycles. The molecule has 0 radical (unpaired) electrons. The first-order valence-electron chi connectivity index (χ1n) is 14.7. The summed E-state index contributed by atoms with van der Waals surface area (Å²) in [6, 6.07) is 30.6. The van der Waals surface area contributed by atoms with Crippen LogP contribution >= 0.6 is 22.9 Å². The topological polar surface area (TPSA) is 103 Å². The van der Waals surface area contributed by atoms with Crippen molar-refractivity contribution < 1.29 is 19.0 Å². The van der Waals surface area contributed by atoms with Crippen molar-refractivity contribution >= 4 is 40.7 Å². The van der Waals surface area contributed by atoms with Crippen LogP contribution in [-0.4, -0.2) is 24.3 Å². The SMILES string of the molecule is CCOC(=O)C1=C(c2ccccc2)N=c2s/c(=C\c3cc(Cl)c(OCc4ccc(C#N)cc4)c(OC)c3)c(=O)n2[C@H]1c1ccccc1. The molecular formula is C37H28ClN3O5S. The van der Waals surface area contributed by atoms with Crippen molar-refractivity contribution in [3.63, 3.8) is 0 Å². The molecule has 10 heteroatoms. The molecule has 0 bridgehead atoms. The van der Waals surface area contributed by atoms with Gasteiger partial charge in [-0.25, -0.2) is 9.79 Å². The number of esters is 1. The van der Waals surface area contributed by atoms with Gasteiger partial charge in [0.2, 0.25) is 0 Å². The Balaban J connectivity index is 1.46. The zero-order chi connectivity index (χ0) is 32.9. The van der Waals surface area contributed by atoms with E-state index in [4.69, 9.17) is 36.1 Å². The number of rotatable bonds is 9. The van der Waals surface area contributed by atoms with Gasteiger partial charge in [-0.2, -0.15) is 5.26 Å². The first kappa shape index (κ1) is 31.5. The monoisotopic (exact) mass is 661 g/mol. The Kier molecular flexibility index (Phi) is 9.34. The maximum Gasteiger partial charge on any atom is 0.338 e. The maximum absolute atomic E-state index is 14.2. The molecule has 8 nitrogen and oxygen atoms in total. The number of thiazole rings is 1. The van der Waals surface area contributed by atoms with Crippen LogP contribution in [0.3, 0.4) is 0 Å². The molecule has 0 saturated carbocycles. The van der Waals surface area contributed by atoms with Gasteiger partial charge in [-0.1, -0.05) is 95.7 Å². The highest BCUT2D eigenvalue weighted by Gasteiger charge is 2.35. The molecule has 2 heterocycles. The number of benzene rings is 4. The third-order valence-corrected chi connectivity index (χ3v) is 8.77. The summed E-state index contributed by atoms with van der Waals surface area (Å²) in [5.41, 5.74) is 3.96. The lowest BCUT2D eigenvalue weighted by Gasteiger charge is -2.25. The molecule has 0 amide bonds. The number of fused-ring (bicyclic) bond motifs is 1. The molecule has 5 aromatic rings. The zero-order valence-electron chi connectivity index (χ0n) is 25.5. The van der Waals surface area contributed by atoms with Crippen molar-refractivity contribution in [3.05, 3.63) is 155 Å². The number of halogens is 1. The Labute approximate surface area is 279 Å². The Morgan fingerprint density at radius 1 is 1.04 bits per heavy atom. The van der Waals surface area contributed by atoms with Gasteiger partial charge >= 0.3 is 5.97 Å². The summed E-state index contributed by atoms with van der Waals surface area (Å²) in [7, 11) is 1.51. The molecule has 1 aliphatic rings. The molecule has 0 unspecified atom stereocenters. The number of aromatic nitrogens is 1. The van der Waals surface area contributed by atoms with E-state index < -0.39 is 12.0 Å². The quantitative estimate of drug-likeness (QED) is 0.178. The third-order valence-electron chi connectivity index (χ3n) is 7.50. The van der Waals surface area contributed by atoms with Crippen LogP contribution in [0.15, 0.2) is 112 Å². The number of methoxy groups -OCH3 is 1. The fraction of sp³-hybridized carbons (Fsp3) is 0.135. The maximum atomic E-state index is 14.2. The van der Waals surface area contributed by atoms with Crippen LogP contribution in [0.5, 0.6) is 11.5 Å². The number of hydrogen-bond donors (Lipinski definition) is 0. The molecule has 47 heavy (non-hydrogen) atoms. The van der Waals surface area contributed by atoms with E-state index in [0.29, 0.717) is 42.7 Å². The van der Waals surface area contributed by atoms with Gasteiger partial charge in [-0.15, -0.1) is 0 Å². The van der Waals surface area contributed by atoms with Gasteiger partial charge in [0.15, 0.2) is 16.3 Å². The average Bonchev–Trinajstić information content (AvgIpc) is 3.41. The second-order valence-corrected chi connectivity index (χ2v) is 11.9.